The second-order valence-corrected chi connectivity index (χ2v) is 13.7. The molecule has 0 fully saturated rings. The van der Waals surface area contributed by atoms with Gasteiger partial charge in [0.1, 0.15) is 28.9 Å². The van der Waals surface area contributed by atoms with Crippen LogP contribution in [0.3, 0.4) is 0 Å². The fourth-order valence-electron chi connectivity index (χ4n) is 3.73. The van der Waals surface area contributed by atoms with E-state index in [1.54, 1.807) is 62.3 Å². The maximum Gasteiger partial charge on any atom is 0.329 e. The van der Waals surface area contributed by atoms with Crippen molar-refractivity contribution < 1.29 is 33.4 Å². The Morgan fingerprint density at radius 2 is 1.29 bits per heavy atom. The summed E-state index contributed by atoms with van der Waals surface area (Å²) in [5.41, 5.74) is -1.18. The lowest BCUT2D eigenvalue weighted by atomic mass is 10.1. The molecule has 0 bridgehead atoms. The molecule has 1 rings (SSSR count). The number of ether oxygens (including phenoxy) is 3. The van der Waals surface area contributed by atoms with E-state index in [1.165, 1.54) is 0 Å². The number of benzene rings is 1. The summed E-state index contributed by atoms with van der Waals surface area (Å²) in [4.78, 5) is 51.1. The second kappa shape index (κ2) is 16.7. The fraction of sp³-hybridized carbons (Fsp3) is 0.677. The first-order chi connectivity index (χ1) is 19.2. The molecule has 2 atom stereocenters. The van der Waals surface area contributed by atoms with E-state index in [-0.39, 0.29) is 12.8 Å². The lowest BCUT2D eigenvalue weighted by molar-refractivity contribution is -0.159. The predicted molar refractivity (Wildman–Crippen MR) is 163 cm³/mol. The Morgan fingerprint density at radius 3 is 1.79 bits per heavy atom. The van der Waals surface area contributed by atoms with E-state index >= 15 is 0 Å². The number of rotatable bonds is 14. The molecule has 10 nitrogen and oxygen atoms in total. The van der Waals surface area contributed by atoms with Crippen LogP contribution in [0.4, 0.5) is 4.79 Å². The van der Waals surface area contributed by atoms with Gasteiger partial charge in [-0.3, -0.25) is 4.79 Å². The molecular weight excluding hydrogens is 562 g/mol. The molecule has 0 radical (unpaired) electrons. The minimum absolute atomic E-state index is 0.0351. The van der Waals surface area contributed by atoms with Crippen LogP contribution in [0.1, 0.15) is 100.0 Å². The van der Waals surface area contributed by atoms with Crippen molar-refractivity contribution in [3.8, 4) is 0 Å². The molecule has 0 spiro atoms. The third-order valence-corrected chi connectivity index (χ3v) is 5.60. The van der Waals surface area contributed by atoms with Gasteiger partial charge in [-0.2, -0.15) is 0 Å². The first-order valence-corrected chi connectivity index (χ1v) is 14.8. The Kier molecular flexibility index (Phi) is 14.8. The highest BCUT2D eigenvalue weighted by atomic mass is 35.5. The molecule has 1 aromatic rings. The zero-order valence-corrected chi connectivity index (χ0v) is 27.4. The summed E-state index contributed by atoms with van der Waals surface area (Å²) in [6.07, 6.45) is 1.56. The molecule has 0 aliphatic heterocycles. The third-order valence-electron chi connectivity index (χ3n) is 5.36. The van der Waals surface area contributed by atoms with Crippen molar-refractivity contribution in [1.82, 2.24) is 16.0 Å². The lowest BCUT2D eigenvalue weighted by Gasteiger charge is -2.27. The van der Waals surface area contributed by atoms with E-state index in [4.69, 9.17) is 25.8 Å². The number of urea groups is 1. The van der Waals surface area contributed by atoms with Crippen LogP contribution in [0.2, 0.25) is 5.02 Å². The molecule has 1 aromatic carbocycles. The van der Waals surface area contributed by atoms with Crippen molar-refractivity contribution in [3.05, 3.63) is 34.9 Å². The van der Waals surface area contributed by atoms with Gasteiger partial charge in [0.25, 0.3) is 0 Å². The van der Waals surface area contributed by atoms with Gasteiger partial charge in [-0.25, -0.2) is 14.4 Å². The number of nitrogens with one attached hydrogen (secondary N) is 3. The summed E-state index contributed by atoms with van der Waals surface area (Å²) in [5.74, 6) is -1.78. The van der Waals surface area contributed by atoms with Crippen molar-refractivity contribution >= 4 is 35.5 Å². The Morgan fingerprint density at radius 1 is 0.762 bits per heavy atom. The number of halogens is 1. The van der Waals surface area contributed by atoms with E-state index < -0.39 is 52.8 Å². The normalized spacial score (nSPS) is 13.5. The van der Waals surface area contributed by atoms with Gasteiger partial charge in [0.15, 0.2) is 0 Å². The van der Waals surface area contributed by atoms with Crippen LogP contribution in [-0.4, -0.2) is 59.4 Å². The van der Waals surface area contributed by atoms with Crippen LogP contribution in [0.5, 0.6) is 0 Å². The molecule has 0 heterocycles. The molecule has 11 heteroatoms. The first-order valence-electron chi connectivity index (χ1n) is 14.4. The summed E-state index contributed by atoms with van der Waals surface area (Å²) in [6, 6.07) is 4.78. The van der Waals surface area contributed by atoms with Gasteiger partial charge in [-0.05, 0) is 112 Å². The molecule has 0 unspecified atom stereocenters. The van der Waals surface area contributed by atoms with Gasteiger partial charge in [-0.1, -0.05) is 23.7 Å². The molecule has 0 saturated carbocycles. The smallest absolute Gasteiger partial charge is 0.329 e. The summed E-state index contributed by atoms with van der Waals surface area (Å²) in [6.45, 7) is 17.0. The third kappa shape index (κ3) is 17.9. The quantitative estimate of drug-likeness (QED) is 0.144. The molecular formula is C31H50ClN3O7. The van der Waals surface area contributed by atoms with E-state index in [9.17, 15) is 19.2 Å². The largest absolute Gasteiger partial charge is 0.460 e. The fourth-order valence-corrected chi connectivity index (χ4v) is 3.95. The summed E-state index contributed by atoms with van der Waals surface area (Å²) in [7, 11) is 0. The number of hydrogen-bond acceptors (Lipinski definition) is 8. The van der Waals surface area contributed by atoms with Gasteiger partial charge >= 0.3 is 23.9 Å². The number of esters is 3. The van der Waals surface area contributed by atoms with Crippen LogP contribution < -0.4 is 16.0 Å². The highest BCUT2D eigenvalue weighted by Gasteiger charge is 2.31. The topological polar surface area (TPSA) is 132 Å². The highest BCUT2D eigenvalue weighted by Crippen LogP contribution is 2.15. The average Bonchev–Trinajstić information content (AvgIpc) is 2.79. The van der Waals surface area contributed by atoms with Crippen LogP contribution >= 0.6 is 11.6 Å². The minimum atomic E-state index is -1.13. The monoisotopic (exact) mass is 611 g/mol. The molecule has 3 N–H and O–H groups in total. The van der Waals surface area contributed by atoms with Crippen molar-refractivity contribution in [2.45, 2.75) is 130 Å². The lowest BCUT2D eigenvalue weighted by Crippen LogP contribution is -2.53. The number of amides is 2. The standard InChI is InChI=1S/C31H50ClN3O7/c1-29(2,3)40-25(36)17-16-24(27(38)42-31(7,8)9)35-28(39)34-23(26(37)41-30(4,5)6)15-10-11-18-33-20-21-13-12-14-22(32)19-21/h12-14,19,23-24,33H,10-11,15-18,20H2,1-9H3,(H2,34,35,39)/t23-,24-/m0/s1. The van der Waals surface area contributed by atoms with Gasteiger partial charge in [0.05, 0.1) is 0 Å². The molecule has 238 valence electrons. The number of unbranched alkanes of at least 4 members (excludes halogenated alkanes) is 1. The van der Waals surface area contributed by atoms with Crippen LogP contribution in [0.25, 0.3) is 0 Å². The van der Waals surface area contributed by atoms with Crippen LogP contribution in [-0.2, 0) is 35.1 Å². The average molecular weight is 612 g/mol. The molecule has 42 heavy (non-hydrogen) atoms. The van der Waals surface area contributed by atoms with Gasteiger partial charge in [0.2, 0.25) is 0 Å². The molecule has 0 saturated heterocycles. The summed E-state index contributed by atoms with van der Waals surface area (Å²) in [5, 5.41) is 9.25. The van der Waals surface area contributed by atoms with E-state index in [0.29, 0.717) is 31.0 Å². The van der Waals surface area contributed by atoms with Crippen LogP contribution in [0.15, 0.2) is 24.3 Å². The van der Waals surface area contributed by atoms with E-state index in [2.05, 4.69) is 16.0 Å². The Labute approximate surface area is 255 Å². The zero-order valence-electron chi connectivity index (χ0n) is 26.6. The van der Waals surface area contributed by atoms with Crippen molar-refractivity contribution in [2.75, 3.05) is 6.54 Å². The van der Waals surface area contributed by atoms with Gasteiger partial charge in [-0.15, -0.1) is 0 Å². The van der Waals surface area contributed by atoms with Gasteiger partial charge in [0, 0.05) is 18.0 Å². The maximum absolute atomic E-state index is 13.0. The minimum Gasteiger partial charge on any atom is -0.460 e. The molecule has 0 aliphatic carbocycles. The SMILES string of the molecule is CC(C)(C)OC(=O)CC[C@H](NC(=O)N[C@@H](CCCCNCc1cccc(Cl)c1)C(=O)OC(C)(C)C)C(=O)OC(C)(C)C. The van der Waals surface area contributed by atoms with Gasteiger partial charge < -0.3 is 30.2 Å². The second-order valence-electron chi connectivity index (χ2n) is 13.2. The van der Waals surface area contributed by atoms with E-state index in [0.717, 1.165) is 12.0 Å². The van der Waals surface area contributed by atoms with Crippen molar-refractivity contribution in [3.63, 3.8) is 0 Å². The highest BCUT2D eigenvalue weighted by molar-refractivity contribution is 6.30. The zero-order chi connectivity index (χ0) is 32.1. The van der Waals surface area contributed by atoms with E-state index in [1.807, 2.05) is 24.3 Å². The summed E-state index contributed by atoms with van der Waals surface area (Å²) < 4.78 is 16.3. The molecule has 2 amide bonds. The number of hydrogen-bond donors (Lipinski definition) is 3. The first kappa shape index (κ1) is 37.2. The Bertz CT molecular complexity index is 1040. The van der Waals surface area contributed by atoms with Crippen molar-refractivity contribution in [2.24, 2.45) is 0 Å². The molecule has 0 aromatic heterocycles. The molecule has 0 aliphatic rings. The number of carbonyl (C=O) groups excluding carboxylic acids is 4. The summed E-state index contributed by atoms with van der Waals surface area (Å²) >= 11 is 6.03. The van der Waals surface area contributed by atoms with Crippen LogP contribution in [0, 0.1) is 0 Å². The predicted octanol–water partition coefficient (Wildman–Crippen LogP) is 5.44. The number of carbonyl (C=O) groups is 4. The van der Waals surface area contributed by atoms with Crippen molar-refractivity contribution in [1.29, 1.82) is 0 Å². The Balaban J connectivity index is 2.81. The Hall–Kier alpha value is -2.85. The maximum atomic E-state index is 13.0.